The van der Waals surface area contributed by atoms with Crippen LogP contribution in [0.25, 0.3) is 0 Å². The molecule has 0 aliphatic rings. The maximum Gasteiger partial charge on any atom is 0.133 e. The van der Waals surface area contributed by atoms with Crippen LogP contribution in [0.5, 0.6) is 0 Å². The molecule has 4 heteroatoms. The van der Waals surface area contributed by atoms with Crippen molar-refractivity contribution in [2.45, 2.75) is 29.5 Å². The normalized spacial score (nSPS) is 13.5. The minimum Gasteiger partial charge on any atom is -0.296 e. The van der Waals surface area contributed by atoms with E-state index < -0.39 is 5.54 Å². The highest BCUT2D eigenvalue weighted by Gasteiger charge is 2.30. The van der Waals surface area contributed by atoms with E-state index >= 15 is 0 Å². The van der Waals surface area contributed by atoms with Gasteiger partial charge in [0.1, 0.15) is 5.54 Å². The molecule has 0 fully saturated rings. The van der Waals surface area contributed by atoms with E-state index in [1.54, 1.807) is 11.3 Å². The second-order valence-electron chi connectivity index (χ2n) is 4.84. The van der Waals surface area contributed by atoms with Crippen molar-refractivity contribution in [3.8, 4) is 6.07 Å². The van der Waals surface area contributed by atoms with Crippen LogP contribution in [-0.2, 0) is 5.54 Å². The molecule has 1 atom stereocenters. The van der Waals surface area contributed by atoms with Gasteiger partial charge in [-0.05, 0) is 36.4 Å². The minimum absolute atomic E-state index is 0.582. The monoisotopic (exact) mass is 316 g/mol. The van der Waals surface area contributed by atoms with Crippen molar-refractivity contribution < 1.29 is 0 Å². The summed E-state index contributed by atoms with van der Waals surface area (Å²) >= 11 is 3.58. The predicted molar refractivity (Wildman–Crippen MR) is 91.7 cm³/mol. The Morgan fingerprint density at radius 3 is 2.67 bits per heavy atom. The molecule has 1 aromatic carbocycles. The van der Waals surface area contributed by atoms with Gasteiger partial charge < -0.3 is 0 Å². The molecule has 0 spiro atoms. The summed E-state index contributed by atoms with van der Waals surface area (Å²) < 4.78 is 1.31. The Kier molecular flexibility index (Phi) is 6.31. The summed E-state index contributed by atoms with van der Waals surface area (Å²) in [6.07, 6.45) is 1.82. The highest BCUT2D eigenvalue weighted by atomic mass is 32.2. The number of nitrogens with zero attached hydrogens (tertiary/aromatic N) is 1. The van der Waals surface area contributed by atoms with Crippen LogP contribution in [0, 0.1) is 11.3 Å². The third kappa shape index (κ3) is 4.34. The van der Waals surface area contributed by atoms with Gasteiger partial charge in [-0.1, -0.05) is 43.3 Å². The molecule has 0 saturated carbocycles. The third-order valence-corrected chi connectivity index (χ3v) is 5.48. The number of rotatable bonds is 8. The zero-order valence-corrected chi connectivity index (χ0v) is 13.8. The molecule has 0 amide bonds. The molecule has 0 aliphatic heterocycles. The topological polar surface area (TPSA) is 35.8 Å². The van der Waals surface area contributed by atoms with Crippen LogP contribution < -0.4 is 5.32 Å². The van der Waals surface area contributed by atoms with Crippen molar-refractivity contribution >= 4 is 23.1 Å². The Hall–Kier alpha value is -1.28. The smallest absolute Gasteiger partial charge is 0.133 e. The lowest BCUT2D eigenvalue weighted by atomic mass is 9.88. The van der Waals surface area contributed by atoms with E-state index in [2.05, 4.69) is 35.8 Å². The summed E-state index contributed by atoms with van der Waals surface area (Å²) in [5.74, 6) is 0.930. The van der Waals surface area contributed by atoms with Crippen LogP contribution >= 0.6 is 23.1 Å². The molecule has 1 heterocycles. The average Bonchev–Trinajstić information content (AvgIpc) is 3.05. The summed E-state index contributed by atoms with van der Waals surface area (Å²) in [4.78, 5) is 0. The van der Waals surface area contributed by atoms with Gasteiger partial charge in [0.25, 0.3) is 0 Å². The second kappa shape index (κ2) is 8.23. The van der Waals surface area contributed by atoms with Crippen molar-refractivity contribution in [1.82, 2.24) is 5.32 Å². The van der Waals surface area contributed by atoms with Gasteiger partial charge in [0, 0.05) is 5.75 Å². The standard InChI is InChI=1S/C17H20N2S2/c1-2-11-19-17(14-18,15-7-4-3-5-8-15)10-13-21-16-9-6-12-20-16/h3-9,12,19H,2,10-11,13H2,1H3. The van der Waals surface area contributed by atoms with Crippen LogP contribution in [0.4, 0.5) is 0 Å². The largest absolute Gasteiger partial charge is 0.296 e. The van der Waals surface area contributed by atoms with Crippen LogP contribution in [0.3, 0.4) is 0 Å². The summed E-state index contributed by atoms with van der Waals surface area (Å²) in [5, 5.41) is 15.3. The zero-order valence-electron chi connectivity index (χ0n) is 12.2. The minimum atomic E-state index is -0.582. The van der Waals surface area contributed by atoms with Gasteiger partial charge in [0.2, 0.25) is 0 Å². The zero-order chi connectivity index (χ0) is 15.0. The third-order valence-electron chi connectivity index (χ3n) is 3.35. The lowest BCUT2D eigenvalue weighted by Gasteiger charge is -2.28. The van der Waals surface area contributed by atoms with Crippen LogP contribution in [0.15, 0.2) is 52.1 Å². The Morgan fingerprint density at radius 1 is 1.24 bits per heavy atom. The molecule has 21 heavy (non-hydrogen) atoms. The van der Waals surface area contributed by atoms with Crippen LogP contribution in [0.2, 0.25) is 0 Å². The summed E-state index contributed by atoms with van der Waals surface area (Å²) in [6.45, 7) is 2.98. The predicted octanol–water partition coefficient (Wildman–Crippen LogP) is 4.65. The fourth-order valence-corrected chi connectivity index (χ4v) is 4.13. The van der Waals surface area contributed by atoms with Gasteiger partial charge in [-0.2, -0.15) is 5.26 Å². The molecule has 2 aromatic rings. The number of nitriles is 1. The number of thiophene rings is 1. The Morgan fingerprint density at radius 2 is 2.05 bits per heavy atom. The molecule has 0 saturated heterocycles. The number of hydrogen-bond donors (Lipinski definition) is 1. The molecular formula is C17H20N2S2. The van der Waals surface area contributed by atoms with E-state index in [1.807, 2.05) is 42.1 Å². The highest BCUT2D eigenvalue weighted by Crippen LogP contribution is 2.30. The second-order valence-corrected chi connectivity index (χ2v) is 7.18. The van der Waals surface area contributed by atoms with E-state index in [-0.39, 0.29) is 0 Å². The Labute approximate surface area is 135 Å². The van der Waals surface area contributed by atoms with Crippen LogP contribution in [-0.4, -0.2) is 12.3 Å². The van der Waals surface area contributed by atoms with Crippen molar-refractivity contribution in [2.24, 2.45) is 0 Å². The van der Waals surface area contributed by atoms with Crippen molar-refractivity contribution in [3.05, 3.63) is 53.4 Å². The van der Waals surface area contributed by atoms with Gasteiger partial charge in [0.15, 0.2) is 0 Å². The van der Waals surface area contributed by atoms with E-state index in [0.717, 1.165) is 30.7 Å². The first-order valence-corrected chi connectivity index (χ1v) is 9.05. The molecule has 110 valence electrons. The molecule has 1 unspecified atom stereocenters. The summed E-state index contributed by atoms with van der Waals surface area (Å²) in [5.41, 5.74) is 0.481. The number of nitrogens with one attached hydrogen (secondary N) is 1. The van der Waals surface area contributed by atoms with E-state index in [9.17, 15) is 5.26 Å². The first kappa shape index (κ1) is 16.1. The fourth-order valence-electron chi connectivity index (χ4n) is 2.21. The SMILES string of the molecule is CCCNC(C#N)(CCSc1cccs1)c1ccccc1. The first-order valence-electron chi connectivity index (χ1n) is 7.19. The molecular weight excluding hydrogens is 296 g/mol. The van der Waals surface area contributed by atoms with E-state index in [4.69, 9.17) is 0 Å². The molecule has 2 nitrogen and oxygen atoms in total. The Bertz CT molecular complexity index is 560. The maximum atomic E-state index is 9.79. The molecule has 0 bridgehead atoms. The molecule has 2 rings (SSSR count). The number of thioether (sulfide) groups is 1. The van der Waals surface area contributed by atoms with Crippen LogP contribution in [0.1, 0.15) is 25.3 Å². The summed E-state index contributed by atoms with van der Waals surface area (Å²) in [7, 11) is 0. The lowest BCUT2D eigenvalue weighted by molar-refractivity contribution is 0.417. The molecule has 1 aromatic heterocycles. The van der Waals surface area contributed by atoms with Gasteiger partial charge in [0.05, 0.1) is 10.3 Å². The highest BCUT2D eigenvalue weighted by molar-refractivity contribution is 8.01. The van der Waals surface area contributed by atoms with Crippen molar-refractivity contribution in [2.75, 3.05) is 12.3 Å². The van der Waals surface area contributed by atoms with Gasteiger partial charge in [-0.15, -0.1) is 23.1 Å². The van der Waals surface area contributed by atoms with Crippen molar-refractivity contribution in [1.29, 1.82) is 5.26 Å². The van der Waals surface area contributed by atoms with Gasteiger partial charge in [-0.3, -0.25) is 5.32 Å². The molecule has 0 radical (unpaired) electrons. The number of benzene rings is 1. The van der Waals surface area contributed by atoms with Gasteiger partial charge in [-0.25, -0.2) is 0 Å². The Balaban J connectivity index is 2.09. The van der Waals surface area contributed by atoms with E-state index in [1.165, 1.54) is 4.21 Å². The molecule has 0 aliphatic carbocycles. The lowest BCUT2D eigenvalue weighted by Crippen LogP contribution is -2.42. The summed E-state index contributed by atoms with van der Waals surface area (Å²) in [6, 6.07) is 16.8. The van der Waals surface area contributed by atoms with Gasteiger partial charge >= 0.3 is 0 Å². The molecule has 1 N–H and O–H groups in total. The van der Waals surface area contributed by atoms with Crippen molar-refractivity contribution in [3.63, 3.8) is 0 Å². The van der Waals surface area contributed by atoms with E-state index in [0.29, 0.717) is 0 Å². The first-order chi connectivity index (χ1) is 10.3. The quantitative estimate of drug-likeness (QED) is 0.720. The maximum absolute atomic E-state index is 9.79. The number of hydrogen-bond acceptors (Lipinski definition) is 4. The fraction of sp³-hybridized carbons (Fsp3) is 0.353. The average molecular weight is 316 g/mol.